The predicted octanol–water partition coefficient (Wildman–Crippen LogP) is 4.69. The van der Waals surface area contributed by atoms with Gasteiger partial charge in [0.2, 0.25) is 0 Å². The molecule has 0 atom stereocenters. The quantitative estimate of drug-likeness (QED) is 0.182. The van der Waals surface area contributed by atoms with E-state index < -0.39 is 16.1 Å². The number of carbonyl (C=O) groups is 1. The Morgan fingerprint density at radius 1 is 1.04 bits per heavy atom. The van der Waals surface area contributed by atoms with Crippen LogP contribution in [0.3, 0.4) is 0 Å². The standard InChI is InChI=1S/C18H16I2O5S/c1-10-6-11(2)14(12(3)7-10)4-5-17(21)25-13-8-15(19)18(16(20)9-13)26(22,23)24/h4-9H,1-3H3,(H,22,23,24)/b5-4+. The van der Waals surface area contributed by atoms with E-state index in [4.69, 9.17) is 4.74 Å². The highest BCUT2D eigenvalue weighted by Crippen LogP contribution is 2.29. The number of hydrogen-bond donors (Lipinski definition) is 1. The van der Waals surface area contributed by atoms with Gasteiger partial charge in [0.15, 0.2) is 0 Å². The number of carbonyl (C=O) groups excluding carboxylic acids is 1. The molecule has 0 aliphatic heterocycles. The molecule has 138 valence electrons. The predicted molar refractivity (Wildman–Crippen MR) is 117 cm³/mol. The van der Waals surface area contributed by atoms with Gasteiger partial charge in [0.1, 0.15) is 10.6 Å². The number of esters is 1. The van der Waals surface area contributed by atoms with E-state index in [0.29, 0.717) is 0 Å². The molecule has 0 saturated heterocycles. The molecule has 0 bridgehead atoms. The van der Waals surface area contributed by atoms with Crippen LogP contribution in [0.25, 0.3) is 6.08 Å². The third kappa shape index (κ3) is 5.27. The minimum absolute atomic E-state index is 0.194. The van der Waals surface area contributed by atoms with Crippen molar-refractivity contribution in [2.75, 3.05) is 0 Å². The number of benzene rings is 2. The van der Waals surface area contributed by atoms with Gasteiger partial charge in [0.25, 0.3) is 10.1 Å². The topological polar surface area (TPSA) is 80.7 Å². The third-order valence-corrected chi connectivity index (χ3v) is 6.96. The lowest BCUT2D eigenvalue weighted by Gasteiger charge is -2.09. The van der Waals surface area contributed by atoms with Crippen LogP contribution in [0.5, 0.6) is 5.75 Å². The Labute approximate surface area is 179 Å². The number of hydrogen-bond acceptors (Lipinski definition) is 4. The smallest absolute Gasteiger partial charge is 0.336 e. The fourth-order valence-corrected chi connectivity index (χ4v) is 6.59. The summed E-state index contributed by atoms with van der Waals surface area (Å²) in [5.74, 6) is -0.367. The molecule has 26 heavy (non-hydrogen) atoms. The van der Waals surface area contributed by atoms with E-state index in [1.165, 1.54) is 18.2 Å². The van der Waals surface area contributed by atoms with Crippen LogP contribution in [0.4, 0.5) is 0 Å². The largest absolute Gasteiger partial charge is 0.423 e. The van der Waals surface area contributed by atoms with Crippen molar-refractivity contribution >= 4 is 67.3 Å². The van der Waals surface area contributed by atoms with Gasteiger partial charge in [-0.1, -0.05) is 17.7 Å². The van der Waals surface area contributed by atoms with Gasteiger partial charge in [-0.3, -0.25) is 4.55 Å². The van der Waals surface area contributed by atoms with Crippen LogP contribution in [-0.4, -0.2) is 18.9 Å². The van der Waals surface area contributed by atoms with Gasteiger partial charge in [-0.15, -0.1) is 0 Å². The maximum Gasteiger partial charge on any atom is 0.336 e. The van der Waals surface area contributed by atoms with E-state index in [2.05, 4.69) is 0 Å². The maximum atomic E-state index is 12.1. The second-order valence-electron chi connectivity index (χ2n) is 5.76. The van der Waals surface area contributed by atoms with Crippen molar-refractivity contribution in [1.29, 1.82) is 0 Å². The van der Waals surface area contributed by atoms with Crippen molar-refractivity contribution in [1.82, 2.24) is 0 Å². The Morgan fingerprint density at radius 3 is 2.00 bits per heavy atom. The third-order valence-electron chi connectivity index (χ3n) is 3.57. The average molecular weight is 598 g/mol. The first-order chi connectivity index (χ1) is 12.0. The van der Waals surface area contributed by atoms with Crippen molar-refractivity contribution in [2.45, 2.75) is 25.7 Å². The fourth-order valence-electron chi connectivity index (χ4n) is 2.60. The summed E-state index contributed by atoms with van der Waals surface area (Å²) in [6, 6.07) is 6.85. The first-order valence-corrected chi connectivity index (χ1v) is 11.0. The Morgan fingerprint density at radius 2 is 1.54 bits per heavy atom. The monoisotopic (exact) mass is 598 g/mol. The molecule has 0 radical (unpaired) electrons. The number of rotatable bonds is 4. The summed E-state index contributed by atoms with van der Waals surface area (Å²) < 4.78 is 37.8. The molecule has 0 unspecified atom stereocenters. The van der Waals surface area contributed by atoms with E-state index >= 15 is 0 Å². The minimum Gasteiger partial charge on any atom is -0.423 e. The Hall–Kier alpha value is -0.980. The summed E-state index contributed by atoms with van der Waals surface area (Å²) >= 11 is 3.55. The van der Waals surface area contributed by atoms with Gasteiger partial charge in [0.05, 0.1) is 0 Å². The molecule has 0 spiro atoms. The van der Waals surface area contributed by atoms with Crippen molar-refractivity contribution in [3.63, 3.8) is 0 Å². The summed E-state index contributed by atoms with van der Waals surface area (Å²) in [5.41, 5.74) is 4.24. The Balaban J connectivity index is 2.24. The van der Waals surface area contributed by atoms with E-state index in [9.17, 15) is 17.8 Å². The van der Waals surface area contributed by atoms with Crippen molar-refractivity contribution in [2.24, 2.45) is 0 Å². The molecule has 2 aromatic carbocycles. The molecular weight excluding hydrogens is 582 g/mol. The molecule has 0 amide bonds. The summed E-state index contributed by atoms with van der Waals surface area (Å²) in [4.78, 5) is 11.9. The summed E-state index contributed by atoms with van der Waals surface area (Å²) in [7, 11) is -4.34. The van der Waals surface area contributed by atoms with Crippen LogP contribution in [0, 0.1) is 27.9 Å². The van der Waals surface area contributed by atoms with Gasteiger partial charge < -0.3 is 4.74 Å². The first kappa shape index (κ1) is 21.3. The zero-order valence-corrected chi connectivity index (χ0v) is 19.3. The molecule has 5 nitrogen and oxygen atoms in total. The molecule has 0 aliphatic carbocycles. The lowest BCUT2D eigenvalue weighted by Crippen LogP contribution is -2.08. The molecule has 8 heteroatoms. The van der Waals surface area contributed by atoms with Crippen LogP contribution in [0.15, 0.2) is 35.2 Å². The molecule has 0 saturated carbocycles. The average Bonchev–Trinajstić information content (AvgIpc) is 2.43. The molecule has 0 fully saturated rings. The summed E-state index contributed by atoms with van der Waals surface area (Å²) in [6.45, 7) is 5.97. The molecule has 0 aliphatic rings. The van der Waals surface area contributed by atoms with E-state index in [-0.39, 0.29) is 17.8 Å². The van der Waals surface area contributed by atoms with Crippen molar-refractivity contribution in [3.05, 3.63) is 59.7 Å². The van der Waals surface area contributed by atoms with Crippen molar-refractivity contribution < 1.29 is 22.5 Å². The Kier molecular flexibility index (Phi) is 6.86. The first-order valence-electron chi connectivity index (χ1n) is 7.43. The highest BCUT2D eigenvalue weighted by atomic mass is 127. The van der Waals surface area contributed by atoms with Gasteiger partial charge in [-0.05, 0) is 101 Å². The van der Waals surface area contributed by atoms with E-state index in [0.717, 1.165) is 22.3 Å². The van der Waals surface area contributed by atoms with Gasteiger partial charge in [-0.25, -0.2) is 4.79 Å². The molecule has 0 heterocycles. The maximum absolute atomic E-state index is 12.1. The fraction of sp³-hybridized carbons (Fsp3) is 0.167. The molecule has 1 N–H and O–H groups in total. The number of halogens is 2. The zero-order valence-electron chi connectivity index (χ0n) is 14.2. The zero-order chi connectivity index (χ0) is 19.6. The highest BCUT2D eigenvalue weighted by molar-refractivity contribution is 14.1. The molecule has 0 aromatic heterocycles. The summed E-state index contributed by atoms with van der Waals surface area (Å²) in [6.07, 6.45) is 3.04. The number of aryl methyl sites for hydroxylation is 3. The normalized spacial score (nSPS) is 11.8. The van der Waals surface area contributed by atoms with Gasteiger partial charge >= 0.3 is 5.97 Å². The lowest BCUT2D eigenvalue weighted by atomic mass is 9.99. The van der Waals surface area contributed by atoms with E-state index in [1.54, 1.807) is 51.3 Å². The van der Waals surface area contributed by atoms with E-state index in [1.807, 2.05) is 32.9 Å². The van der Waals surface area contributed by atoms with Crippen LogP contribution in [0.1, 0.15) is 22.3 Å². The van der Waals surface area contributed by atoms with Crippen molar-refractivity contribution in [3.8, 4) is 5.75 Å². The highest BCUT2D eigenvalue weighted by Gasteiger charge is 2.20. The van der Waals surface area contributed by atoms with Crippen LogP contribution >= 0.6 is 45.2 Å². The van der Waals surface area contributed by atoms with Crippen LogP contribution in [0.2, 0.25) is 0 Å². The van der Waals surface area contributed by atoms with Crippen LogP contribution in [-0.2, 0) is 14.9 Å². The van der Waals surface area contributed by atoms with Gasteiger partial charge in [-0.2, -0.15) is 8.42 Å². The molecular formula is C18H16I2O5S. The van der Waals surface area contributed by atoms with Gasteiger partial charge in [0, 0.05) is 13.2 Å². The summed E-state index contributed by atoms with van der Waals surface area (Å²) in [5, 5.41) is 0. The molecule has 2 rings (SSSR count). The number of ether oxygens (including phenoxy) is 1. The second-order valence-corrected chi connectivity index (χ2v) is 9.44. The molecule has 2 aromatic rings. The second kappa shape index (κ2) is 8.36. The lowest BCUT2D eigenvalue weighted by molar-refractivity contribution is -0.128. The Bertz CT molecular complexity index is 964. The van der Waals surface area contributed by atoms with Crippen LogP contribution < -0.4 is 4.74 Å². The minimum atomic E-state index is -4.34. The SMILES string of the molecule is Cc1cc(C)c(/C=C/C(=O)Oc2cc(I)c(S(=O)(=O)O)c(I)c2)c(C)c1.